The maximum atomic E-state index is 12.7. The summed E-state index contributed by atoms with van der Waals surface area (Å²) in [5, 5.41) is 2.79. The molecule has 34 heavy (non-hydrogen) atoms. The number of benzene rings is 2. The van der Waals surface area contributed by atoms with Crippen molar-refractivity contribution in [2.24, 2.45) is 0 Å². The molecule has 3 rings (SSSR count). The van der Waals surface area contributed by atoms with E-state index in [1.165, 1.54) is 29.6 Å². The largest absolute Gasteiger partial charge is 0.493 e. The number of rotatable bonds is 10. The topological polar surface area (TPSA) is 88.2 Å². The van der Waals surface area contributed by atoms with Crippen LogP contribution in [-0.2, 0) is 21.4 Å². The molecule has 1 saturated heterocycles. The number of amides is 1. The van der Waals surface area contributed by atoms with Gasteiger partial charge in [-0.05, 0) is 68.8 Å². The van der Waals surface area contributed by atoms with Gasteiger partial charge in [0.25, 0.3) is 0 Å². The number of halogens is 2. The van der Waals surface area contributed by atoms with Crippen LogP contribution in [0.2, 0.25) is 0 Å². The Kier molecular flexibility index (Phi) is 8.45. The second-order valence-corrected chi connectivity index (χ2v) is 10.0. The Morgan fingerprint density at radius 3 is 2.35 bits per heavy atom. The van der Waals surface area contributed by atoms with Crippen LogP contribution in [0.3, 0.4) is 0 Å². The van der Waals surface area contributed by atoms with E-state index in [9.17, 15) is 22.0 Å². The molecule has 186 valence electrons. The van der Waals surface area contributed by atoms with Crippen LogP contribution in [-0.4, -0.2) is 63.4 Å². The molecule has 0 aliphatic carbocycles. The predicted octanol–water partition coefficient (Wildman–Crippen LogP) is 3.54. The molecule has 0 saturated carbocycles. The van der Waals surface area contributed by atoms with Crippen molar-refractivity contribution >= 4 is 21.6 Å². The summed E-state index contributed by atoms with van der Waals surface area (Å²) >= 11 is 0. The van der Waals surface area contributed by atoms with Crippen LogP contribution in [0.4, 0.5) is 14.5 Å². The van der Waals surface area contributed by atoms with Crippen LogP contribution in [0.1, 0.15) is 25.3 Å². The van der Waals surface area contributed by atoms with E-state index >= 15 is 0 Å². The number of anilines is 1. The minimum Gasteiger partial charge on any atom is -0.493 e. The van der Waals surface area contributed by atoms with Crippen LogP contribution < -0.4 is 14.8 Å². The quantitative estimate of drug-likeness (QED) is 0.540. The average molecular weight is 498 g/mol. The molecule has 0 aromatic heterocycles. The van der Waals surface area contributed by atoms with Gasteiger partial charge in [-0.15, -0.1) is 0 Å². The van der Waals surface area contributed by atoms with Crippen molar-refractivity contribution in [3.05, 3.63) is 48.0 Å². The summed E-state index contributed by atoms with van der Waals surface area (Å²) < 4.78 is 61.3. The van der Waals surface area contributed by atoms with Gasteiger partial charge in [0.2, 0.25) is 15.9 Å². The minimum absolute atomic E-state index is 0.0649. The molecule has 1 N–H and O–H groups in total. The molecule has 1 heterocycles. The number of hydrogen-bond acceptors (Lipinski definition) is 6. The summed E-state index contributed by atoms with van der Waals surface area (Å²) in [5.41, 5.74) is 1.23. The maximum absolute atomic E-state index is 12.7. The number of methoxy groups -OCH3 is 1. The van der Waals surface area contributed by atoms with Crippen molar-refractivity contribution in [1.29, 1.82) is 0 Å². The zero-order chi connectivity index (χ0) is 24.9. The van der Waals surface area contributed by atoms with Crippen molar-refractivity contribution in [3.63, 3.8) is 0 Å². The molecule has 0 radical (unpaired) electrons. The lowest BCUT2D eigenvalue weighted by atomic mass is 10.1. The first-order valence-corrected chi connectivity index (χ1v) is 12.3. The van der Waals surface area contributed by atoms with Crippen molar-refractivity contribution in [3.8, 4) is 11.5 Å². The lowest BCUT2D eigenvalue weighted by Gasteiger charge is -2.24. The summed E-state index contributed by atoms with van der Waals surface area (Å²) in [6.45, 7) is 0.178. The van der Waals surface area contributed by atoms with Crippen molar-refractivity contribution < 1.29 is 31.5 Å². The molecular weight excluding hydrogens is 468 g/mol. The lowest BCUT2D eigenvalue weighted by molar-refractivity contribution is -0.120. The van der Waals surface area contributed by atoms with E-state index in [0.717, 1.165) is 18.4 Å². The van der Waals surface area contributed by atoms with E-state index in [0.29, 0.717) is 25.3 Å². The molecule has 0 bridgehead atoms. The summed E-state index contributed by atoms with van der Waals surface area (Å²) in [6.07, 6.45) is 1.72. The Morgan fingerprint density at radius 2 is 1.76 bits per heavy atom. The Labute approximate surface area is 198 Å². The first-order chi connectivity index (χ1) is 16.1. The molecule has 1 fully saturated rings. The fourth-order valence-electron chi connectivity index (χ4n) is 3.66. The molecule has 1 aliphatic rings. The molecule has 2 aromatic carbocycles. The van der Waals surface area contributed by atoms with Crippen molar-refractivity contribution in [1.82, 2.24) is 9.21 Å². The normalized spacial score (nSPS) is 15.5. The molecule has 8 nitrogen and oxygen atoms in total. The summed E-state index contributed by atoms with van der Waals surface area (Å²) in [6, 6.07) is 10.2. The monoisotopic (exact) mass is 497 g/mol. The number of nitrogens with one attached hydrogen (secondary N) is 1. The second-order valence-electron chi connectivity index (χ2n) is 8.08. The number of ether oxygens (including phenoxy) is 2. The standard InChI is InChI=1S/C23H29F2N3O5S/c1-16(27(2)15-17-6-11-20(33-23(24)25)21(14-17)32-3)22(29)26-18-7-9-19(10-8-18)34(30,31)28-12-4-5-13-28/h6-11,14,16,23H,4-5,12-13,15H2,1-3H3,(H,26,29). The number of likely N-dealkylation sites (N-methyl/N-ethyl adjacent to an activating group) is 1. The van der Waals surface area contributed by atoms with Gasteiger partial charge < -0.3 is 14.8 Å². The van der Waals surface area contributed by atoms with E-state index in [2.05, 4.69) is 10.1 Å². The van der Waals surface area contributed by atoms with Crippen LogP contribution in [0.25, 0.3) is 0 Å². The van der Waals surface area contributed by atoms with E-state index in [1.54, 1.807) is 43.1 Å². The fourth-order valence-corrected chi connectivity index (χ4v) is 5.18. The summed E-state index contributed by atoms with van der Waals surface area (Å²) in [7, 11) is -0.396. The molecule has 11 heteroatoms. The van der Waals surface area contributed by atoms with Crippen molar-refractivity contribution in [2.75, 3.05) is 32.6 Å². The zero-order valence-corrected chi connectivity index (χ0v) is 20.1. The Morgan fingerprint density at radius 1 is 1.12 bits per heavy atom. The highest BCUT2D eigenvalue weighted by atomic mass is 32.2. The molecule has 1 aliphatic heterocycles. The van der Waals surface area contributed by atoms with Gasteiger partial charge in [0.15, 0.2) is 11.5 Å². The van der Waals surface area contributed by atoms with Gasteiger partial charge in [0.1, 0.15) is 0 Å². The van der Waals surface area contributed by atoms with E-state index < -0.39 is 22.7 Å². The molecule has 1 amide bonds. The highest BCUT2D eigenvalue weighted by molar-refractivity contribution is 7.89. The summed E-state index contributed by atoms with van der Waals surface area (Å²) in [4.78, 5) is 14.7. The van der Waals surface area contributed by atoms with Gasteiger partial charge in [-0.2, -0.15) is 13.1 Å². The molecule has 2 aromatic rings. The highest BCUT2D eigenvalue weighted by Crippen LogP contribution is 2.30. The first-order valence-electron chi connectivity index (χ1n) is 10.8. The third-order valence-corrected chi connectivity index (χ3v) is 7.65. The average Bonchev–Trinajstić information content (AvgIpc) is 3.35. The van der Waals surface area contributed by atoms with Gasteiger partial charge in [-0.1, -0.05) is 6.07 Å². The third-order valence-electron chi connectivity index (χ3n) is 5.74. The van der Waals surface area contributed by atoms with Crippen LogP contribution in [0.5, 0.6) is 11.5 Å². The van der Waals surface area contributed by atoms with Crippen molar-refractivity contribution in [2.45, 2.75) is 43.9 Å². The smallest absolute Gasteiger partial charge is 0.387 e. The first kappa shape index (κ1) is 25.9. The third kappa shape index (κ3) is 6.22. The zero-order valence-electron chi connectivity index (χ0n) is 19.3. The van der Waals surface area contributed by atoms with Crippen LogP contribution in [0, 0.1) is 0 Å². The van der Waals surface area contributed by atoms with Gasteiger partial charge in [-0.25, -0.2) is 8.42 Å². The second kappa shape index (κ2) is 11.1. The molecule has 1 unspecified atom stereocenters. The fraction of sp³-hybridized carbons (Fsp3) is 0.435. The minimum atomic E-state index is -3.51. The van der Waals surface area contributed by atoms with Gasteiger partial charge in [-0.3, -0.25) is 9.69 Å². The Bertz CT molecular complexity index is 1090. The van der Waals surface area contributed by atoms with Crippen LogP contribution in [0.15, 0.2) is 47.4 Å². The summed E-state index contributed by atoms with van der Waals surface area (Å²) in [5.74, 6) is -0.167. The predicted molar refractivity (Wildman–Crippen MR) is 124 cm³/mol. The number of hydrogen-bond donors (Lipinski definition) is 1. The molecular formula is C23H29F2N3O5S. The number of carbonyl (C=O) groups excluding carboxylic acids is 1. The number of nitrogens with zero attached hydrogens (tertiary/aromatic N) is 2. The Hall–Kier alpha value is -2.76. The molecule has 1 atom stereocenters. The lowest BCUT2D eigenvalue weighted by Crippen LogP contribution is -2.39. The Balaban J connectivity index is 1.60. The number of sulfonamides is 1. The number of alkyl halides is 2. The highest BCUT2D eigenvalue weighted by Gasteiger charge is 2.27. The maximum Gasteiger partial charge on any atom is 0.387 e. The number of carbonyl (C=O) groups is 1. The van der Waals surface area contributed by atoms with Gasteiger partial charge in [0.05, 0.1) is 18.0 Å². The SMILES string of the molecule is COc1cc(CN(C)C(C)C(=O)Nc2ccc(S(=O)(=O)N3CCCC3)cc2)ccc1OC(F)F. The van der Waals surface area contributed by atoms with E-state index in [1.807, 2.05) is 0 Å². The van der Waals surface area contributed by atoms with E-state index in [-0.39, 0.29) is 22.3 Å². The van der Waals surface area contributed by atoms with Gasteiger partial charge in [0, 0.05) is 25.3 Å². The van der Waals surface area contributed by atoms with E-state index in [4.69, 9.17) is 4.74 Å². The molecule has 0 spiro atoms. The van der Waals surface area contributed by atoms with Gasteiger partial charge >= 0.3 is 6.61 Å². The van der Waals surface area contributed by atoms with Crippen LogP contribution >= 0.6 is 0 Å².